The first-order valence-electron chi connectivity index (χ1n) is 8.64. The lowest BCUT2D eigenvalue weighted by molar-refractivity contribution is -0.124. The lowest BCUT2D eigenvalue weighted by atomic mass is 10.1. The number of carbonyl (C=O) groups excluding carboxylic acids is 3. The van der Waals surface area contributed by atoms with Gasteiger partial charge >= 0.3 is 0 Å². The zero-order valence-electron chi connectivity index (χ0n) is 15.0. The molecule has 1 atom stereocenters. The summed E-state index contributed by atoms with van der Waals surface area (Å²) in [5.74, 6) is -0.599. The van der Waals surface area contributed by atoms with E-state index in [4.69, 9.17) is 0 Å². The second kappa shape index (κ2) is 6.35. The minimum Gasteiger partial charge on any atom is -0.347 e. The number of carbonyl (C=O) groups is 3. The Labute approximate surface area is 155 Å². The number of rotatable bonds is 4. The number of fused-ring (bicyclic) bond motifs is 2. The maximum atomic E-state index is 12.6. The van der Waals surface area contributed by atoms with Crippen molar-refractivity contribution in [3.63, 3.8) is 0 Å². The Morgan fingerprint density at radius 1 is 1.04 bits per heavy atom. The first kappa shape index (κ1) is 17.0. The van der Waals surface area contributed by atoms with Gasteiger partial charge in [0.2, 0.25) is 5.91 Å². The number of amides is 3. The van der Waals surface area contributed by atoms with E-state index in [1.807, 2.05) is 35.9 Å². The third kappa shape index (κ3) is 2.68. The molecule has 3 amide bonds. The van der Waals surface area contributed by atoms with Crippen LogP contribution in [-0.2, 0) is 18.4 Å². The van der Waals surface area contributed by atoms with Crippen molar-refractivity contribution in [2.75, 3.05) is 0 Å². The van der Waals surface area contributed by atoms with Crippen LogP contribution in [0, 0.1) is 0 Å². The van der Waals surface area contributed by atoms with Crippen LogP contribution >= 0.6 is 0 Å². The number of imide groups is 1. The largest absolute Gasteiger partial charge is 0.347 e. The van der Waals surface area contributed by atoms with Crippen molar-refractivity contribution in [3.8, 4) is 0 Å². The normalized spacial score (nSPS) is 14.5. The van der Waals surface area contributed by atoms with E-state index in [1.54, 1.807) is 31.2 Å². The lowest BCUT2D eigenvalue weighted by Gasteiger charge is -2.21. The molecular formula is C20H18N4O3. The molecule has 0 spiro atoms. The summed E-state index contributed by atoms with van der Waals surface area (Å²) < 4.78 is 1.91. The van der Waals surface area contributed by atoms with E-state index in [1.165, 1.54) is 0 Å². The molecular weight excluding hydrogens is 344 g/mol. The number of benzene rings is 2. The van der Waals surface area contributed by atoms with Gasteiger partial charge in [-0.1, -0.05) is 24.3 Å². The van der Waals surface area contributed by atoms with Crippen LogP contribution in [-0.4, -0.2) is 38.2 Å². The quantitative estimate of drug-likeness (QED) is 0.718. The highest BCUT2D eigenvalue weighted by Gasteiger charge is 2.40. The summed E-state index contributed by atoms with van der Waals surface area (Å²) in [5.41, 5.74) is 2.47. The van der Waals surface area contributed by atoms with Crippen molar-refractivity contribution < 1.29 is 14.4 Å². The van der Waals surface area contributed by atoms with E-state index in [0.717, 1.165) is 15.9 Å². The molecule has 1 aliphatic heterocycles. The molecule has 3 aromatic rings. The highest BCUT2D eigenvalue weighted by atomic mass is 16.2. The Kier molecular flexibility index (Phi) is 3.99. The molecule has 0 saturated carbocycles. The van der Waals surface area contributed by atoms with E-state index in [0.29, 0.717) is 17.0 Å². The van der Waals surface area contributed by atoms with Crippen LogP contribution in [0.1, 0.15) is 33.5 Å². The van der Waals surface area contributed by atoms with E-state index < -0.39 is 23.8 Å². The van der Waals surface area contributed by atoms with Gasteiger partial charge in [-0.2, -0.15) is 0 Å². The molecule has 0 radical (unpaired) electrons. The van der Waals surface area contributed by atoms with Gasteiger partial charge in [0.1, 0.15) is 11.9 Å². The number of hydrogen-bond acceptors (Lipinski definition) is 4. The van der Waals surface area contributed by atoms with Gasteiger partial charge in [0.25, 0.3) is 11.8 Å². The third-order valence-electron chi connectivity index (χ3n) is 4.89. The smallest absolute Gasteiger partial charge is 0.262 e. The summed E-state index contributed by atoms with van der Waals surface area (Å²) in [4.78, 5) is 43.1. The highest BCUT2D eigenvalue weighted by Crippen LogP contribution is 2.24. The molecule has 2 heterocycles. The molecule has 0 saturated heterocycles. The van der Waals surface area contributed by atoms with Crippen LogP contribution in [0.5, 0.6) is 0 Å². The van der Waals surface area contributed by atoms with Crippen LogP contribution in [0.2, 0.25) is 0 Å². The van der Waals surface area contributed by atoms with Crippen molar-refractivity contribution in [2.24, 2.45) is 7.05 Å². The molecule has 0 fully saturated rings. The maximum absolute atomic E-state index is 12.6. The van der Waals surface area contributed by atoms with Crippen LogP contribution in [0.3, 0.4) is 0 Å². The van der Waals surface area contributed by atoms with E-state index >= 15 is 0 Å². The third-order valence-corrected chi connectivity index (χ3v) is 4.89. The van der Waals surface area contributed by atoms with Crippen LogP contribution < -0.4 is 5.32 Å². The summed E-state index contributed by atoms with van der Waals surface area (Å²) in [6.45, 7) is 1.75. The molecule has 0 bridgehead atoms. The molecule has 136 valence electrons. The minimum atomic E-state index is -0.910. The Bertz CT molecular complexity index is 1050. The Morgan fingerprint density at radius 3 is 2.26 bits per heavy atom. The Morgan fingerprint density at radius 2 is 1.63 bits per heavy atom. The van der Waals surface area contributed by atoms with E-state index in [9.17, 15) is 14.4 Å². The predicted octanol–water partition coefficient (Wildman–Crippen LogP) is 1.87. The fourth-order valence-corrected chi connectivity index (χ4v) is 3.34. The maximum Gasteiger partial charge on any atom is 0.262 e. The molecule has 0 aliphatic carbocycles. The number of hydrogen-bond donors (Lipinski definition) is 1. The number of aryl methyl sites for hydroxylation is 1. The number of imidazole rings is 1. The van der Waals surface area contributed by atoms with Crippen LogP contribution in [0.4, 0.5) is 0 Å². The second-order valence-corrected chi connectivity index (χ2v) is 6.50. The average molecular weight is 362 g/mol. The van der Waals surface area contributed by atoms with Gasteiger partial charge in [-0.3, -0.25) is 19.3 Å². The van der Waals surface area contributed by atoms with Crippen LogP contribution in [0.15, 0.2) is 48.5 Å². The summed E-state index contributed by atoms with van der Waals surface area (Å²) in [6, 6.07) is 13.4. The average Bonchev–Trinajstić information content (AvgIpc) is 3.14. The number of para-hydroxylation sites is 2. The Hall–Kier alpha value is -3.48. The van der Waals surface area contributed by atoms with Crippen molar-refractivity contribution >= 4 is 28.8 Å². The molecule has 27 heavy (non-hydrogen) atoms. The van der Waals surface area contributed by atoms with Gasteiger partial charge in [-0.15, -0.1) is 0 Å². The summed E-state index contributed by atoms with van der Waals surface area (Å²) in [6.07, 6.45) is 0. The van der Waals surface area contributed by atoms with E-state index in [-0.39, 0.29) is 6.54 Å². The van der Waals surface area contributed by atoms with Gasteiger partial charge in [0.15, 0.2) is 0 Å². The molecule has 7 nitrogen and oxygen atoms in total. The van der Waals surface area contributed by atoms with Crippen LogP contribution in [0.25, 0.3) is 11.0 Å². The second-order valence-electron chi connectivity index (χ2n) is 6.50. The monoisotopic (exact) mass is 362 g/mol. The van der Waals surface area contributed by atoms with Gasteiger partial charge < -0.3 is 9.88 Å². The topological polar surface area (TPSA) is 84.3 Å². The predicted molar refractivity (Wildman–Crippen MR) is 99.0 cm³/mol. The fourth-order valence-electron chi connectivity index (χ4n) is 3.34. The fraction of sp³-hybridized carbons (Fsp3) is 0.200. The summed E-state index contributed by atoms with van der Waals surface area (Å²) in [7, 11) is 1.88. The van der Waals surface area contributed by atoms with Crippen molar-refractivity contribution in [1.29, 1.82) is 0 Å². The van der Waals surface area contributed by atoms with Gasteiger partial charge in [-0.25, -0.2) is 4.98 Å². The number of nitrogens with zero attached hydrogens (tertiary/aromatic N) is 3. The highest BCUT2D eigenvalue weighted by molar-refractivity contribution is 6.22. The first-order chi connectivity index (χ1) is 13.0. The molecule has 7 heteroatoms. The van der Waals surface area contributed by atoms with Crippen molar-refractivity contribution in [1.82, 2.24) is 19.8 Å². The molecule has 1 unspecified atom stereocenters. The number of aromatic nitrogens is 2. The zero-order chi connectivity index (χ0) is 19.1. The molecule has 1 aromatic heterocycles. The Balaban J connectivity index is 1.49. The van der Waals surface area contributed by atoms with Gasteiger partial charge in [0, 0.05) is 7.05 Å². The molecule has 2 aromatic carbocycles. The van der Waals surface area contributed by atoms with Gasteiger partial charge in [-0.05, 0) is 31.2 Å². The van der Waals surface area contributed by atoms with Crippen molar-refractivity contribution in [2.45, 2.75) is 19.5 Å². The van der Waals surface area contributed by atoms with E-state index in [2.05, 4.69) is 10.3 Å². The summed E-state index contributed by atoms with van der Waals surface area (Å²) in [5, 5.41) is 2.78. The summed E-state index contributed by atoms with van der Waals surface area (Å²) >= 11 is 0. The zero-order valence-corrected chi connectivity index (χ0v) is 15.0. The molecule has 1 N–H and O–H groups in total. The minimum absolute atomic E-state index is 0.206. The first-order valence-corrected chi connectivity index (χ1v) is 8.64. The van der Waals surface area contributed by atoms with Crippen molar-refractivity contribution in [3.05, 3.63) is 65.5 Å². The van der Waals surface area contributed by atoms with Gasteiger partial charge in [0.05, 0.1) is 28.7 Å². The SMILES string of the molecule is CC(C(=O)NCc1nc2ccccc2n1C)N1C(=O)c2ccccc2C1=O. The molecule has 4 rings (SSSR count). The lowest BCUT2D eigenvalue weighted by Crippen LogP contribution is -2.47. The molecule has 1 aliphatic rings. The number of nitrogens with one attached hydrogen (secondary N) is 1. The standard InChI is InChI=1S/C20H18N4O3/c1-12(24-19(26)13-7-3-4-8-14(13)20(24)27)18(25)21-11-17-22-15-9-5-6-10-16(15)23(17)2/h3-10,12H,11H2,1-2H3,(H,21,25).